The highest BCUT2D eigenvalue weighted by molar-refractivity contribution is 5.34. The number of aliphatic hydroxyl groups is 1. The summed E-state index contributed by atoms with van der Waals surface area (Å²) in [6, 6.07) is 6.17. The van der Waals surface area contributed by atoms with Gasteiger partial charge in [-0.25, -0.2) is 0 Å². The Labute approximate surface area is 104 Å². The highest BCUT2D eigenvalue weighted by Crippen LogP contribution is 2.19. The second kappa shape index (κ2) is 7.30. The van der Waals surface area contributed by atoms with Crippen LogP contribution in [0.25, 0.3) is 0 Å². The van der Waals surface area contributed by atoms with E-state index in [0.717, 1.165) is 18.6 Å². The molecular formula is C14H23NO2. The number of benzene rings is 1. The number of aryl methyl sites for hydroxylation is 2. The van der Waals surface area contributed by atoms with E-state index in [2.05, 4.69) is 19.1 Å². The molecule has 0 fully saturated rings. The molecule has 0 bridgehead atoms. The molecule has 1 aromatic carbocycles. The van der Waals surface area contributed by atoms with Gasteiger partial charge in [-0.1, -0.05) is 6.07 Å². The number of hydrogen-bond acceptors (Lipinski definition) is 3. The van der Waals surface area contributed by atoms with Crippen molar-refractivity contribution in [3.05, 3.63) is 29.3 Å². The molecule has 0 amide bonds. The standard InChI is InChI=1S/C14H23NO2/c1-3-17-14-7-6-13(11(2)8-14)5-4-12(9-15)10-16/h6-8,12,16H,3-5,9-10,15H2,1-2H3. The van der Waals surface area contributed by atoms with E-state index in [1.165, 1.54) is 11.1 Å². The van der Waals surface area contributed by atoms with Crippen molar-refractivity contribution in [2.45, 2.75) is 26.7 Å². The van der Waals surface area contributed by atoms with E-state index >= 15 is 0 Å². The summed E-state index contributed by atoms with van der Waals surface area (Å²) in [5.41, 5.74) is 8.12. The third-order valence-electron chi connectivity index (χ3n) is 3.04. The highest BCUT2D eigenvalue weighted by atomic mass is 16.5. The first-order valence-electron chi connectivity index (χ1n) is 6.24. The molecule has 17 heavy (non-hydrogen) atoms. The molecule has 1 aromatic rings. The normalized spacial score (nSPS) is 12.5. The number of nitrogens with two attached hydrogens (primary N) is 1. The molecule has 0 heterocycles. The molecule has 0 aliphatic rings. The highest BCUT2D eigenvalue weighted by Gasteiger charge is 2.07. The summed E-state index contributed by atoms with van der Waals surface area (Å²) in [4.78, 5) is 0. The van der Waals surface area contributed by atoms with E-state index < -0.39 is 0 Å². The molecule has 96 valence electrons. The van der Waals surface area contributed by atoms with Crippen molar-refractivity contribution in [3.8, 4) is 5.75 Å². The summed E-state index contributed by atoms with van der Waals surface area (Å²) in [6.07, 6.45) is 1.89. The van der Waals surface area contributed by atoms with Crippen LogP contribution in [0, 0.1) is 12.8 Å². The van der Waals surface area contributed by atoms with Gasteiger partial charge in [0.2, 0.25) is 0 Å². The van der Waals surface area contributed by atoms with E-state index in [9.17, 15) is 0 Å². The zero-order valence-electron chi connectivity index (χ0n) is 10.8. The van der Waals surface area contributed by atoms with Gasteiger partial charge < -0.3 is 15.6 Å². The number of ether oxygens (including phenoxy) is 1. The maximum atomic E-state index is 9.09. The van der Waals surface area contributed by atoms with Gasteiger partial charge >= 0.3 is 0 Å². The first-order valence-corrected chi connectivity index (χ1v) is 6.24. The van der Waals surface area contributed by atoms with Gasteiger partial charge in [0.15, 0.2) is 0 Å². The summed E-state index contributed by atoms with van der Waals surface area (Å²) in [7, 11) is 0. The fourth-order valence-corrected chi connectivity index (χ4v) is 1.85. The Morgan fingerprint density at radius 1 is 1.41 bits per heavy atom. The minimum atomic E-state index is 0.173. The molecule has 0 aliphatic carbocycles. The van der Waals surface area contributed by atoms with Crippen molar-refractivity contribution in [1.82, 2.24) is 0 Å². The Kier molecular flexibility index (Phi) is 6.01. The average molecular weight is 237 g/mol. The van der Waals surface area contributed by atoms with Crippen LogP contribution in [0.3, 0.4) is 0 Å². The van der Waals surface area contributed by atoms with Crippen LogP contribution in [-0.4, -0.2) is 24.9 Å². The summed E-state index contributed by atoms with van der Waals surface area (Å²) in [5, 5.41) is 9.09. The SMILES string of the molecule is CCOc1ccc(CCC(CN)CO)c(C)c1. The monoisotopic (exact) mass is 237 g/mol. The van der Waals surface area contributed by atoms with Gasteiger partial charge in [0, 0.05) is 6.61 Å². The first-order chi connectivity index (χ1) is 8.21. The Morgan fingerprint density at radius 2 is 2.18 bits per heavy atom. The lowest BCUT2D eigenvalue weighted by molar-refractivity contribution is 0.223. The average Bonchev–Trinajstić information content (AvgIpc) is 2.33. The van der Waals surface area contributed by atoms with E-state index in [1.54, 1.807) is 0 Å². The van der Waals surface area contributed by atoms with Crippen molar-refractivity contribution in [1.29, 1.82) is 0 Å². The quantitative estimate of drug-likeness (QED) is 0.761. The Hall–Kier alpha value is -1.06. The lowest BCUT2D eigenvalue weighted by Gasteiger charge is -2.13. The smallest absolute Gasteiger partial charge is 0.119 e. The second-order valence-electron chi connectivity index (χ2n) is 4.34. The maximum absolute atomic E-state index is 9.09. The van der Waals surface area contributed by atoms with Gasteiger partial charge in [0.25, 0.3) is 0 Å². The van der Waals surface area contributed by atoms with Crippen LogP contribution in [-0.2, 0) is 6.42 Å². The molecule has 3 N–H and O–H groups in total. The zero-order valence-corrected chi connectivity index (χ0v) is 10.8. The van der Waals surface area contributed by atoms with Crippen molar-refractivity contribution in [2.24, 2.45) is 11.7 Å². The first kappa shape index (κ1) is 14.0. The molecular weight excluding hydrogens is 214 g/mol. The summed E-state index contributed by atoms with van der Waals surface area (Å²) in [6.45, 7) is 5.49. The zero-order chi connectivity index (χ0) is 12.7. The molecule has 0 saturated heterocycles. The third-order valence-corrected chi connectivity index (χ3v) is 3.04. The van der Waals surface area contributed by atoms with Crippen LogP contribution in [0.2, 0.25) is 0 Å². The Bertz CT molecular complexity index is 335. The molecule has 3 heteroatoms. The topological polar surface area (TPSA) is 55.5 Å². The molecule has 0 aromatic heterocycles. The largest absolute Gasteiger partial charge is 0.494 e. The van der Waals surface area contributed by atoms with Crippen LogP contribution in [0.5, 0.6) is 5.75 Å². The lowest BCUT2D eigenvalue weighted by atomic mass is 9.97. The van der Waals surface area contributed by atoms with Gasteiger partial charge in [-0.2, -0.15) is 0 Å². The van der Waals surface area contributed by atoms with Crippen molar-refractivity contribution in [2.75, 3.05) is 19.8 Å². The minimum Gasteiger partial charge on any atom is -0.494 e. The molecule has 1 unspecified atom stereocenters. The van der Waals surface area contributed by atoms with E-state index in [4.69, 9.17) is 15.6 Å². The third kappa shape index (κ3) is 4.36. The minimum absolute atomic E-state index is 0.173. The van der Waals surface area contributed by atoms with Crippen molar-refractivity contribution < 1.29 is 9.84 Å². The number of rotatable bonds is 7. The molecule has 0 radical (unpaired) electrons. The molecule has 1 atom stereocenters. The van der Waals surface area contributed by atoms with Crippen LogP contribution in [0.1, 0.15) is 24.5 Å². The van der Waals surface area contributed by atoms with Crippen LogP contribution < -0.4 is 10.5 Å². The molecule has 0 spiro atoms. The Balaban J connectivity index is 2.59. The summed E-state index contributed by atoms with van der Waals surface area (Å²) >= 11 is 0. The fourth-order valence-electron chi connectivity index (χ4n) is 1.85. The predicted octanol–water partition coefficient (Wildman–Crippen LogP) is 1.89. The molecule has 1 rings (SSSR count). The van der Waals surface area contributed by atoms with E-state index in [0.29, 0.717) is 13.2 Å². The van der Waals surface area contributed by atoms with Gasteiger partial charge in [0.05, 0.1) is 6.61 Å². The maximum Gasteiger partial charge on any atom is 0.119 e. The van der Waals surface area contributed by atoms with Crippen LogP contribution in [0.15, 0.2) is 18.2 Å². The summed E-state index contributed by atoms with van der Waals surface area (Å²) in [5.74, 6) is 1.13. The van der Waals surface area contributed by atoms with Crippen molar-refractivity contribution in [3.63, 3.8) is 0 Å². The van der Waals surface area contributed by atoms with Crippen molar-refractivity contribution >= 4 is 0 Å². The van der Waals surface area contributed by atoms with Gasteiger partial charge in [0.1, 0.15) is 5.75 Å². The second-order valence-corrected chi connectivity index (χ2v) is 4.34. The molecule has 3 nitrogen and oxygen atoms in total. The van der Waals surface area contributed by atoms with Gasteiger partial charge in [-0.15, -0.1) is 0 Å². The molecule has 0 aliphatic heterocycles. The predicted molar refractivity (Wildman–Crippen MR) is 70.3 cm³/mol. The number of hydrogen-bond donors (Lipinski definition) is 2. The van der Waals surface area contributed by atoms with Crippen LogP contribution in [0.4, 0.5) is 0 Å². The van der Waals surface area contributed by atoms with Gasteiger partial charge in [-0.3, -0.25) is 0 Å². The van der Waals surface area contributed by atoms with Crippen LogP contribution >= 0.6 is 0 Å². The van der Waals surface area contributed by atoms with Gasteiger partial charge in [-0.05, 0) is 62.4 Å². The lowest BCUT2D eigenvalue weighted by Crippen LogP contribution is -2.18. The fraction of sp³-hybridized carbons (Fsp3) is 0.571. The van der Waals surface area contributed by atoms with E-state index in [1.807, 2.05) is 13.0 Å². The molecule has 0 saturated carbocycles. The Morgan fingerprint density at radius 3 is 2.71 bits per heavy atom. The summed E-state index contributed by atoms with van der Waals surface area (Å²) < 4.78 is 5.45. The number of aliphatic hydroxyl groups excluding tert-OH is 1. The van der Waals surface area contributed by atoms with E-state index in [-0.39, 0.29) is 12.5 Å².